The van der Waals surface area contributed by atoms with Crippen LogP contribution < -0.4 is 5.32 Å². The van der Waals surface area contributed by atoms with Gasteiger partial charge < -0.3 is 5.32 Å². The highest BCUT2D eigenvalue weighted by atomic mass is 14.8. The van der Waals surface area contributed by atoms with E-state index in [2.05, 4.69) is 46.2 Å². The van der Waals surface area contributed by atoms with E-state index in [1.54, 1.807) is 5.57 Å². The van der Waals surface area contributed by atoms with Crippen LogP contribution in [0.4, 0.5) is 0 Å². The van der Waals surface area contributed by atoms with Crippen molar-refractivity contribution in [1.29, 1.82) is 0 Å². The van der Waals surface area contributed by atoms with Gasteiger partial charge >= 0.3 is 0 Å². The summed E-state index contributed by atoms with van der Waals surface area (Å²) in [5, 5.41) is 3.71. The fourth-order valence-electron chi connectivity index (χ4n) is 7.69. The maximum absolute atomic E-state index is 4.55. The Morgan fingerprint density at radius 2 is 0.729 bits per heavy atom. The predicted octanol–water partition coefficient (Wildman–Crippen LogP) is 16.7. The van der Waals surface area contributed by atoms with E-state index in [1.165, 1.54) is 243 Å². The van der Waals surface area contributed by atoms with Crippen LogP contribution in [0.3, 0.4) is 0 Å². The van der Waals surface area contributed by atoms with Gasteiger partial charge in [0.2, 0.25) is 0 Å². The molecule has 0 radical (unpaired) electrons. The molecule has 0 heterocycles. The Balaban J connectivity index is 3.69. The fraction of sp³-hybridized carbons (Fsp3) is 0.915. The van der Waals surface area contributed by atoms with E-state index in [4.69, 9.17) is 0 Å². The Kier molecular flexibility index (Phi) is 38.8. The number of rotatable bonds is 41. The normalized spacial score (nSPS) is 12.3. The first-order valence-electron chi connectivity index (χ1n) is 22.6. The summed E-state index contributed by atoms with van der Waals surface area (Å²) in [6, 6.07) is 0. The SMILES string of the molecule is C=C(CCCCCCCNCCCCCCCC(=C)CC(CCCCCCCC)CCCCCCCC)CC(C)CCCCCCCC. The lowest BCUT2D eigenvalue weighted by molar-refractivity contribution is 0.396. The third kappa shape index (κ3) is 36.7. The fourth-order valence-corrected chi connectivity index (χ4v) is 7.69. The summed E-state index contributed by atoms with van der Waals surface area (Å²) in [5.41, 5.74) is 3.06. The first-order valence-corrected chi connectivity index (χ1v) is 22.6. The molecule has 0 amide bonds. The molecule has 0 fully saturated rings. The summed E-state index contributed by atoms with van der Waals surface area (Å²) in [7, 11) is 0. The molecule has 1 N–H and O–H groups in total. The van der Waals surface area contributed by atoms with Crippen molar-refractivity contribution < 1.29 is 0 Å². The van der Waals surface area contributed by atoms with E-state index in [9.17, 15) is 0 Å². The van der Waals surface area contributed by atoms with Crippen LogP contribution in [0.5, 0.6) is 0 Å². The summed E-state index contributed by atoms with van der Waals surface area (Å²) in [4.78, 5) is 0. The predicted molar refractivity (Wildman–Crippen MR) is 222 cm³/mol. The van der Waals surface area contributed by atoms with Crippen LogP contribution in [-0.2, 0) is 0 Å². The van der Waals surface area contributed by atoms with Crippen molar-refractivity contribution >= 4 is 0 Å². The smallest absolute Gasteiger partial charge is 0.00489 e. The van der Waals surface area contributed by atoms with E-state index in [0.717, 1.165) is 11.8 Å². The monoisotopic (exact) mass is 672 g/mol. The Labute approximate surface area is 306 Å². The molecule has 1 atom stereocenters. The van der Waals surface area contributed by atoms with Gasteiger partial charge in [0.25, 0.3) is 0 Å². The largest absolute Gasteiger partial charge is 0.317 e. The van der Waals surface area contributed by atoms with Gasteiger partial charge in [0.15, 0.2) is 0 Å². The van der Waals surface area contributed by atoms with Crippen LogP contribution in [0.25, 0.3) is 0 Å². The average molecular weight is 672 g/mol. The van der Waals surface area contributed by atoms with Crippen molar-refractivity contribution in [1.82, 2.24) is 5.32 Å². The molecule has 0 aromatic heterocycles. The summed E-state index contributed by atoms with van der Waals surface area (Å²) < 4.78 is 0. The highest BCUT2D eigenvalue weighted by molar-refractivity contribution is 4.96. The molecule has 0 rings (SSSR count). The van der Waals surface area contributed by atoms with Crippen LogP contribution in [0.2, 0.25) is 0 Å². The average Bonchev–Trinajstić information content (AvgIpc) is 3.07. The van der Waals surface area contributed by atoms with Crippen molar-refractivity contribution in [3.63, 3.8) is 0 Å². The second kappa shape index (κ2) is 39.2. The topological polar surface area (TPSA) is 12.0 Å². The Morgan fingerprint density at radius 1 is 0.396 bits per heavy atom. The zero-order chi connectivity index (χ0) is 35.2. The molecule has 48 heavy (non-hydrogen) atoms. The molecule has 0 saturated carbocycles. The molecule has 1 unspecified atom stereocenters. The molecule has 0 aliphatic rings. The zero-order valence-electron chi connectivity index (χ0n) is 34.2. The molecule has 0 saturated heterocycles. The van der Waals surface area contributed by atoms with Gasteiger partial charge in [-0.2, -0.15) is 0 Å². The van der Waals surface area contributed by atoms with Crippen molar-refractivity contribution in [2.45, 2.75) is 252 Å². The van der Waals surface area contributed by atoms with E-state index in [-0.39, 0.29) is 0 Å². The molecule has 0 aromatic carbocycles. The second-order valence-electron chi connectivity index (χ2n) is 16.3. The minimum atomic E-state index is 0.830. The van der Waals surface area contributed by atoms with Crippen LogP contribution in [-0.4, -0.2) is 13.1 Å². The molecule has 0 aromatic rings. The van der Waals surface area contributed by atoms with Crippen LogP contribution in [0.1, 0.15) is 252 Å². The standard InChI is InChI=1S/C47H93N/c1-7-10-13-16-21-28-35-44(4)42-45(5)36-29-22-19-26-33-40-48-41-34-27-20-23-30-37-46(6)43-47(38-31-24-17-14-11-8-2)39-32-25-18-15-12-9-3/h44,47-48H,5-43H2,1-4H3. The molecule has 0 spiro atoms. The first kappa shape index (κ1) is 47.4. The van der Waals surface area contributed by atoms with Crippen molar-refractivity contribution in [2.75, 3.05) is 13.1 Å². The molecular formula is C47H93N. The number of unbranched alkanes of at least 4 members (excludes halogenated alkanes) is 23. The number of hydrogen-bond donors (Lipinski definition) is 1. The Hall–Kier alpha value is -0.560. The van der Waals surface area contributed by atoms with Gasteiger partial charge in [-0.1, -0.05) is 225 Å². The van der Waals surface area contributed by atoms with Crippen LogP contribution in [0, 0.1) is 11.8 Å². The third-order valence-corrected chi connectivity index (χ3v) is 11.0. The minimum absolute atomic E-state index is 0.830. The molecular weight excluding hydrogens is 579 g/mol. The van der Waals surface area contributed by atoms with Gasteiger partial charge in [-0.3, -0.25) is 0 Å². The van der Waals surface area contributed by atoms with E-state index in [1.807, 2.05) is 0 Å². The lowest BCUT2D eigenvalue weighted by Crippen LogP contribution is -2.16. The number of nitrogens with one attached hydrogen (secondary N) is 1. The Morgan fingerprint density at radius 3 is 1.17 bits per heavy atom. The minimum Gasteiger partial charge on any atom is -0.317 e. The zero-order valence-corrected chi connectivity index (χ0v) is 34.2. The lowest BCUT2D eigenvalue weighted by Gasteiger charge is -2.19. The highest BCUT2D eigenvalue weighted by Gasteiger charge is 2.11. The van der Waals surface area contributed by atoms with Gasteiger partial charge in [-0.15, -0.1) is 0 Å². The van der Waals surface area contributed by atoms with Crippen LogP contribution >= 0.6 is 0 Å². The lowest BCUT2D eigenvalue weighted by atomic mass is 9.87. The molecule has 0 bridgehead atoms. The van der Waals surface area contributed by atoms with Crippen molar-refractivity contribution in [2.24, 2.45) is 11.8 Å². The van der Waals surface area contributed by atoms with Gasteiger partial charge in [-0.05, 0) is 76.3 Å². The summed E-state index contributed by atoms with van der Waals surface area (Å²) in [5.74, 6) is 1.73. The number of hydrogen-bond acceptors (Lipinski definition) is 1. The van der Waals surface area contributed by atoms with Gasteiger partial charge in [0.1, 0.15) is 0 Å². The summed E-state index contributed by atoms with van der Waals surface area (Å²) in [6.45, 7) is 20.8. The quantitative estimate of drug-likeness (QED) is 0.0504. The van der Waals surface area contributed by atoms with E-state index in [0.29, 0.717) is 0 Å². The second-order valence-corrected chi connectivity index (χ2v) is 16.3. The van der Waals surface area contributed by atoms with Gasteiger partial charge in [-0.25, -0.2) is 0 Å². The van der Waals surface area contributed by atoms with Crippen LogP contribution in [0.15, 0.2) is 24.3 Å². The molecule has 0 aliphatic carbocycles. The third-order valence-electron chi connectivity index (χ3n) is 11.0. The molecule has 1 nitrogen and oxygen atoms in total. The first-order chi connectivity index (χ1) is 23.5. The van der Waals surface area contributed by atoms with Gasteiger partial charge in [0, 0.05) is 0 Å². The van der Waals surface area contributed by atoms with Crippen molar-refractivity contribution in [3.05, 3.63) is 24.3 Å². The maximum atomic E-state index is 4.55. The maximum Gasteiger partial charge on any atom is -0.00489 e. The highest BCUT2D eigenvalue weighted by Crippen LogP contribution is 2.27. The summed E-state index contributed by atoms with van der Waals surface area (Å²) in [6.07, 6.45) is 48.7. The summed E-state index contributed by atoms with van der Waals surface area (Å²) >= 11 is 0. The molecule has 286 valence electrons. The Bertz CT molecular complexity index is 633. The number of allylic oxidation sites excluding steroid dienone is 2. The van der Waals surface area contributed by atoms with E-state index < -0.39 is 0 Å². The molecule has 1 heteroatoms. The van der Waals surface area contributed by atoms with E-state index >= 15 is 0 Å². The van der Waals surface area contributed by atoms with Crippen molar-refractivity contribution in [3.8, 4) is 0 Å². The molecule has 0 aliphatic heterocycles. The van der Waals surface area contributed by atoms with Gasteiger partial charge in [0.05, 0.1) is 0 Å².